The number of nitrogens with one attached hydrogen (secondary N) is 1. The van der Waals surface area contributed by atoms with Gasteiger partial charge in [0, 0.05) is 38.4 Å². The molecule has 2 rings (SSSR count). The van der Waals surface area contributed by atoms with E-state index >= 15 is 0 Å². The van der Waals surface area contributed by atoms with E-state index in [4.69, 9.17) is 0 Å². The highest BCUT2D eigenvalue weighted by atomic mass is 16.3. The lowest BCUT2D eigenvalue weighted by Crippen LogP contribution is -2.48. The maximum atomic E-state index is 9.28. The Morgan fingerprint density at radius 2 is 2.10 bits per heavy atom. The summed E-state index contributed by atoms with van der Waals surface area (Å²) in [4.78, 5) is 9.21. The lowest BCUT2D eigenvalue weighted by atomic mass is 10.2. The molecule has 0 spiro atoms. The van der Waals surface area contributed by atoms with Crippen LogP contribution in [0.5, 0.6) is 0 Å². The zero-order valence-electron chi connectivity index (χ0n) is 12.3. The maximum absolute atomic E-state index is 9.28. The SMILES string of the molecule is CCNC(CO)CCN1CCN(c2ccccn2)CC1. The molecular formula is C15H26N4O. The van der Waals surface area contributed by atoms with Gasteiger partial charge in [0.05, 0.1) is 6.61 Å². The Hall–Kier alpha value is -1.17. The first-order valence-corrected chi connectivity index (χ1v) is 7.56. The molecule has 1 atom stereocenters. The molecule has 20 heavy (non-hydrogen) atoms. The fourth-order valence-corrected chi connectivity index (χ4v) is 2.63. The van der Waals surface area contributed by atoms with Crippen molar-refractivity contribution in [2.75, 3.05) is 50.8 Å². The second kappa shape index (κ2) is 8.19. The first-order valence-electron chi connectivity index (χ1n) is 7.56. The van der Waals surface area contributed by atoms with Crippen molar-refractivity contribution in [2.45, 2.75) is 19.4 Å². The van der Waals surface area contributed by atoms with E-state index in [1.807, 2.05) is 18.3 Å². The molecule has 1 unspecified atom stereocenters. The van der Waals surface area contributed by atoms with Gasteiger partial charge >= 0.3 is 0 Å². The van der Waals surface area contributed by atoms with Crippen molar-refractivity contribution < 1.29 is 5.11 Å². The minimum atomic E-state index is 0.224. The lowest BCUT2D eigenvalue weighted by Gasteiger charge is -2.35. The van der Waals surface area contributed by atoms with Crippen LogP contribution in [0.25, 0.3) is 0 Å². The largest absolute Gasteiger partial charge is 0.395 e. The third kappa shape index (κ3) is 4.44. The number of nitrogens with zero attached hydrogens (tertiary/aromatic N) is 3. The third-order valence-electron chi connectivity index (χ3n) is 3.85. The van der Waals surface area contributed by atoms with Gasteiger partial charge in [-0.25, -0.2) is 4.98 Å². The molecule has 1 fully saturated rings. The van der Waals surface area contributed by atoms with Crippen LogP contribution >= 0.6 is 0 Å². The van der Waals surface area contributed by atoms with E-state index in [9.17, 15) is 5.11 Å². The molecule has 1 aromatic heterocycles. The summed E-state index contributed by atoms with van der Waals surface area (Å²) >= 11 is 0. The van der Waals surface area contributed by atoms with Gasteiger partial charge in [0.25, 0.3) is 0 Å². The number of pyridine rings is 1. The van der Waals surface area contributed by atoms with Crippen molar-refractivity contribution in [1.29, 1.82) is 0 Å². The number of aromatic nitrogens is 1. The second-order valence-corrected chi connectivity index (χ2v) is 5.24. The van der Waals surface area contributed by atoms with Crippen molar-refractivity contribution >= 4 is 5.82 Å². The maximum Gasteiger partial charge on any atom is 0.128 e. The molecule has 1 aliphatic heterocycles. The molecule has 1 aromatic rings. The van der Waals surface area contributed by atoms with Gasteiger partial charge in [-0.05, 0) is 31.6 Å². The fraction of sp³-hybridized carbons (Fsp3) is 0.667. The quantitative estimate of drug-likeness (QED) is 0.763. The van der Waals surface area contributed by atoms with Gasteiger partial charge in [0.2, 0.25) is 0 Å². The molecule has 0 aliphatic carbocycles. The number of hydrogen-bond acceptors (Lipinski definition) is 5. The van der Waals surface area contributed by atoms with Crippen LogP contribution in [0.1, 0.15) is 13.3 Å². The van der Waals surface area contributed by atoms with Crippen molar-refractivity contribution in [1.82, 2.24) is 15.2 Å². The zero-order chi connectivity index (χ0) is 14.2. The molecule has 112 valence electrons. The number of piperazine rings is 1. The lowest BCUT2D eigenvalue weighted by molar-refractivity contribution is 0.201. The molecule has 5 nitrogen and oxygen atoms in total. The Bertz CT molecular complexity index is 365. The molecule has 0 radical (unpaired) electrons. The number of rotatable bonds is 7. The minimum absolute atomic E-state index is 0.224. The summed E-state index contributed by atoms with van der Waals surface area (Å²) in [5.74, 6) is 1.08. The fourth-order valence-electron chi connectivity index (χ4n) is 2.63. The van der Waals surface area contributed by atoms with Crippen LogP contribution in [0.3, 0.4) is 0 Å². The molecule has 1 saturated heterocycles. The predicted molar refractivity (Wildman–Crippen MR) is 82.1 cm³/mol. The van der Waals surface area contributed by atoms with Crippen LogP contribution in [0.4, 0.5) is 5.82 Å². The van der Waals surface area contributed by atoms with E-state index in [0.717, 1.165) is 51.5 Å². The average molecular weight is 278 g/mol. The van der Waals surface area contributed by atoms with E-state index in [-0.39, 0.29) is 12.6 Å². The highest BCUT2D eigenvalue weighted by Gasteiger charge is 2.18. The summed E-state index contributed by atoms with van der Waals surface area (Å²) in [5, 5.41) is 12.6. The Balaban J connectivity index is 1.72. The van der Waals surface area contributed by atoms with E-state index < -0.39 is 0 Å². The van der Waals surface area contributed by atoms with Gasteiger partial charge in [-0.3, -0.25) is 4.90 Å². The number of anilines is 1. The normalized spacial score (nSPS) is 18.2. The molecular weight excluding hydrogens is 252 g/mol. The van der Waals surface area contributed by atoms with Crippen LogP contribution in [0, 0.1) is 0 Å². The highest BCUT2D eigenvalue weighted by Crippen LogP contribution is 2.12. The monoisotopic (exact) mass is 278 g/mol. The van der Waals surface area contributed by atoms with Crippen LogP contribution in [-0.4, -0.2) is 66.9 Å². The smallest absolute Gasteiger partial charge is 0.128 e. The van der Waals surface area contributed by atoms with E-state index in [2.05, 4.69) is 33.1 Å². The second-order valence-electron chi connectivity index (χ2n) is 5.24. The predicted octanol–water partition coefficient (Wildman–Crippen LogP) is 0.564. The molecule has 2 heterocycles. The summed E-state index contributed by atoms with van der Waals surface area (Å²) in [5.41, 5.74) is 0. The summed E-state index contributed by atoms with van der Waals surface area (Å²) in [6.07, 6.45) is 2.86. The molecule has 0 amide bonds. The van der Waals surface area contributed by atoms with E-state index in [1.54, 1.807) is 0 Å². The number of likely N-dealkylation sites (N-methyl/N-ethyl adjacent to an activating group) is 1. The highest BCUT2D eigenvalue weighted by molar-refractivity contribution is 5.38. The van der Waals surface area contributed by atoms with Crippen LogP contribution in [0.15, 0.2) is 24.4 Å². The Labute approximate surface area is 121 Å². The van der Waals surface area contributed by atoms with Gasteiger partial charge in [-0.15, -0.1) is 0 Å². The first-order chi connectivity index (χ1) is 9.83. The molecule has 0 saturated carbocycles. The summed E-state index contributed by atoms with van der Waals surface area (Å²) in [7, 11) is 0. The van der Waals surface area contributed by atoms with Crippen LogP contribution < -0.4 is 10.2 Å². The van der Waals surface area contributed by atoms with Gasteiger partial charge in [-0.1, -0.05) is 13.0 Å². The van der Waals surface area contributed by atoms with Crippen LogP contribution in [0.2, 0.25) is 0 Å². The standard InChI is InChI=1S/C15H26N4O/c1-2-16-14(13-20)6-8-18-9-11-19(12-10-18)15-5-3-4-7-17-15/h3-5,7,14,16,20H,2,6,8-13H2,1H3. The van der Waals surface area contributed by atoms with Crippen molar-refractivity contribution in [3.63, 3.8) is 0 Å². The molecule has 0 aromatic carbocycles. The number of hydrogen-bond donors (Lipinski definition) is 2. The molecule has 1 aliphatic rings. The first kappa shape index (κ1) is 15.2. The van der Waals surface area contributed by atoms with Gasteiger partial charge in [0.15, 0.2) is 0 Å². The number of aliphatic hydroxyl groups excluding tert-OH is 1. The minimum Gasteiger partial charge on any atom is -0.395 e. The van der Waals surface area contributed by atoms with E-state index in [0.29, 0.717) is 0 Å². The zero-order valence-corrected chi connectivity index (χ0v) is 12.3. The van der Waals surface area contributed by atoms with Gasteiger partial charge in [-0.2, -0.15) is 0 Å². The summed E-state index contributed by atoms with van der Waals surface area (Å²) < 4.78 is 0. The Kier molecular flexibility index (Phi) is 6.24. The summed E-state index contributed by atoms with van der Waals surface area (Å²) in [6, 6.07) is 6.29. The Morgan fingerprint density at radius 3 is 2.70 bits per heavy atom. The average Bonchev–Trinajstić information content (AvgIpc) is 2.53. The van der Waals surface area contributed by atoms with Gasteiger partial charge < -0.3 is 15.3 Å². The van der Waals surface area contributed by atoms with Crippen LogP contribution in [-0.2, 0) is 0 Å². The van der Waals surface area contributed by atoms with Crippen molar-refractivity contribution in [3.05, 3.63) is 24.4 Å². The molecule has 0 bridgehead atoms. The van der Waals surface area contributed by atoms with Crippen molar-refractivity contribution in [3.8, 4) is 0 Å². The summed E-state index contributed by atoms with van der Waals surface area (Å²) in [6.45, 7) is 8.47. The van der Waals surface area contributed by atoms with E-state index in [1.165, 1.54) is 0 Å². The molecule has 2 N–H and O–H groups in total. The molecule has 5 heteroatoms. The van der Waals surface area contributed by atoms with Gasteiger partial charge in [0.1, 0.15) is 5.82 Å². The van der Waals surface area contributed by atoms with Crippen molar-refractivity contribution in [2.24, 2.45) is 0 Å². The number of aliphatic hydroxyl groups is 1. The third-order valence-corrected chi connectivity index (χ3v) is 3.85. The Morgan fingerprint density at radius 1 is 1.30 bits per heavy atom. The topological polar surface area (TPSA) is 51.6 Å².